The minimum atomic E-state index is -0.893. The molecule has 1 aliphatic heterocycles. The monoisotopic (exact) mass is 478 g/mol. The molecule has 35 heavy (non-hydrogen) atoms. The summed E-state index contributed by atoms with van der Waals surface area (Å²) in [6, 6.07) is 15.3. The first kappa shape index (κ1) is 23.4. The lowest BCUT2D eigenvalue weighted by Gasteiger charge is -2.30. The van der Waals surface area contributed by atoms with Crippen LogP contribution in [0.25, 0.3) is 11.1 Å². The Labute approximate surface area is 204 Å². The van der Waals surface area contributed by atoms with E-state index in [9.17, 15) is 19.5 Å². The summed E-state index contributed by atoms with van der Waals surface area (Å²) < 4.78 is 11.2. The Hall–Kier alpha value is -3.39. The Morgan fingerprint density at radius 2 is 1.54 bits per heavy atom. The second-order valence-corrected chi connectivity index (χ2v) is 9.50. The number of hydrogen-bond donors (Lipinski definition) is 3. The SMILES string of the molecule is O=C(N[C@H]1CCO[C@H]1C(=O)NC1CCCCC1C(=O)O)OCC1c2ccccc2-c2ccccc21. The fourth-order valence-electron chi connectivity index (χ4n) is 5.65. The van der Waals surface area contributed by atoms with Gasteiger partial charge in [-0.1, -0.05) is 61.4 Å². The van der Waals surface area contributed by atoms with Crippen LogP contribution in [0.3, 0.4) is 0 Å². The fraction of sp³-hybridized carbons (Fsp3) is 0.444. The molecule has 8 heteroatoms. The molecule has 2 aromatic rings. The molecule has 2 aliphatic carbocycles. The van der Waals surface area contributed by atoms with Crippen LogP contribution in [-0.4, -0.2) is 54.5 Å². The van der Waals surface area contributed by atoms with E-state index < -0.39 is 36.2 Å². The van der Waals surface area contributed by atoms with E-state index in [-0.39, 0.29) is 18.4 Å². The van der Waals surface area contributed by atoms with Crippen molar-refractivity contribution in [2.24, 2.45) is 5.92 Å². The van der Waals surface area contributed by atoms with Gasteiger partial charge in [-0.15, -0.1) is 0 Å². The van der Waals surface area contributed by atoms with E-state index in [1.807, 2.05) is 24.3 Å². The molecule has 4 atom stereocenters. The predicted molar refractivity (Wildman–Crippen MR) is 128 cm³/mol. The van der Waals surface area contributed by atoms with Crippen molar-refractivity contribution in [3.05, 3.63) is 59.7 Å². The molecule has 0 bridgehead atoms. The molecular weight excluding hydrogens is 448 g/mol. The first-order valence-corrected chi connectivity index (χ1v) is 12.3. The summed E-state index contributed by atoms with van der Waals surface area (Å²) in [6.45, 7) is 0.520. The molecule has 2 amide bonds. The topological polar surface area (TPSA) is 114 Å². The molecule has 5 rings (SSSR count). The zero-order valence-electron chi connectivity index (χ0n) is 19.4. The summed E-state index contributed by atoms with van der Waals surface area (Å²) in [7, 11) is 0. The lowest BCUT2D eigenvalue weighted by molar-refractivity contribution is -0.144. The number of carbonyl (C=O) groups is 3. The quantitative estimate of drug-likeness (QED) is 0.586. The van der Waals surface area contributed by atoms with Crippen molar-refractivity contribution in [1.82, 2.24) is 10.6 Å². The molecule has 1 saturated carbocycles. The number of carbonyl (C=O) groups excluding carboxylic acids is 2. The third-order valence-corrected chi connectivity index (χ3v) is 7.41. The van der Waals surface area contributed by atoms with Gasteiger partial charge in [0.05, 0.1) is 12.0 Å². The maximum Gasteiger partial charge on any atom is 0.407 e. The minimum absolute atomic E-state index is 0.0497. The van der Waals surface area contributed by atoms with Crippen LogP contribution in [0.15, 0.2) is 48.5 Å². The molecule has 2 aromatic carbocycles. The first-order chi connectivity index (χ1) is 17.0. The smallest absolute Gasteiger partial charge is 0.407 e. The molecule has 8 nitrogen and oxygen atoms in total. The molecule has 2 unspecified atom stereocenters. The summed E-state index contributed by atoms with van der Waals surface area (Å²) in [5.41, 5.74) is 4.56. The fourth-order valence-corrected chi connectivity index (χ4v) is 5.65. The van der Waals surface area contributed by atoms with Crippen molar-refractivity contribution in [3.63, 3.8) is 0 Å². The lowest BCUT2D eigenvalue weighted by atomic mass is 9.84. The van der Waals surface area contributed by atoms with Crippen LogP contribution in [0.5, 0.6) is 0 Å². The standard InChI is InChI=1S/C27H30N2O6/c30-25(28-22-12-6-5-11-20(22)26(31)32)24-23(13-14-34-24)29-27(33)35-15-21-18-9-3-1-7-16(18)17-8-2-4-10-19(17)21/h1-4,7-10,20-24H,5-6,11-15H2,(H,28,30)(H,29,33)(H,31,32)/t20?,22?,23-,24+/m0/s1. The number of carboxylic acids is 1. The third kappa shape index (κ3) is 4.75. The van der Waals surface area contributed by atoms with Crippen molar-refractivity contribution in [3.8, 4) is 11.1 Å². The van der Waals surface area contributed by atoms with Gasteiger partial charge in [0.25, 0.3) is 5.91 Å². The minimum Gasteiger partial charge on any atom is -0.481 e. The van der Waals surface area contributed by atoms with Crippen LogP contribution in [0.1, 0.15) is 49.1 Å². The molecule has 1 heterocycles. The highest BCUT2D eigenvalue weighted by Gasteiger charge is 2.39. The van der Waals surface area contributed by atoms with Crippen molar-refractivity contribution in [2.75, 3.05) is 13.2 Å². The summed E-state index contributed by atoms with van der Waals surface area (Å²) in [4.78, 5) is 37.1. The summed E-state index contributed by atoms with van der Waals surface area (Å²) >= 11 is 0. The summed E-state index contributed by atoms with van der Waals surface area (Å²) in [5, 5.41) is 15.1. The van der Waals surface area contributed by atoms with Gasteiger partial charge in [0.1, 0.15) is 6.61 Å². The lowest BCUT2D eigenvalue weighted by Crippen LogP contribution is -2.53. The van der Waals surface area contributed by atoms with Crippen LogP contribution >= 0.6 is 0 Å². The van der Waals surface area contributed by atoms with Gasteiger partial charge in [0, 0.05) is 18.6 Å². The Morgan fingerprint density at radius 1 is 0.886 bits per heavy atom. The van der Waals surface area contributed by atoms with E-state index in [0.29, 0.717) is 25.9 Å². The number of ether oxygens (including phenoxy) is 2. The highest BCUT2D eigenvalue weighted by atomic mass is 16.6. The van der Waals surface area contributed by atoms with Gasteiger partial charge in [-0.25, -0.2) is 4.79 Å². The normalized spacial score (nSPS) is 25.4. The molecule has 0 radical (unpaired) electrons. The van der Waals surface area contributed by atoms with Crippen molar-refractivity contribution < 1.29 is 29.0 Å². The molecule has 0 spiro atoms. The number of alkyl carbamates (subject to hydrolysis) is 1. The predicted octanol–water partition coefficient (Wildman–Crippen LogP) is 3.44. The third-order valence-electron chi connectivity index (χ3n) is 7.41. The number of aliphatic carboxylic acids is 1. The van der Waals surface area contributed by atoms with Gasteiger partial charge in [-0.2, -0.15) is 0 Å². The number of hydrogen-bond acceptors (Lipinski definition) is 5. The van der Waals surface area contributed by atoms with Crippen LogP contribution < -0.4 is 10.6 Å². The van der Waals surface area contributed by atoms with Crippen molar-refractivity contribution in [2.45, 2.75) is 56.2 Å². The van der Waals surface area contributed by atoms with Gasteiger partial charge in [-0.05, 0) is 41.5 Å². The number of amides is 2. The van der Waals surface area contributed by atoms with Crippen LogP contribution in [0.2, 0.25) is 0 Å². The Morgan fingerprint density at radius 3 is 2.23 bits per heavy atom. The highest BCUT2D eigenvalue weighted by molar-refractivity contribution is 5.84. The van der Waals surface area contributed by atoms with Gasteiger partial charge in [0.15, 0.2) is 6.10 Å². The van der Waals surface area contributed by atoms with Crippen LogP contribution in [-0.2, 0) is 19.1 Å². The van der Waals surface area contributed by atoms with E-state index in [1.54, 1.807) is 0 Å². The number of carboxylic acid groups (broad SMARTS) is 1. The zero-order valence-corrected chi connectivity index (χ0v) is 19.4. The molecule has 3 aliphatic rings. The van der Waals surface area contributed by atoms with Gasteiger partial charge >= 0.3 is 12.1 Å². The summed E-state index contributed by atoms with van der Waals surface area (Å²) in [6.07, 6.45) is 1.91. The first-order valence-electron chi connectivity index (χ1n) is 12.3. The van der Waals surface area contributed by atoms with E-state index in [0.717, 1.165) is 35.1 Å². The Kier molecular flexibility index (Phi) is 6.72. The molecule has 184 valence electrons. The van der Waals surface area contributed by atoms with Crippen molar-refractivity contribution >= 4 is 18.0 Å². The van der Waals surface area contributed by atoms with Gasteiger partial charge < -0.3 is 25.2 Å². The average molecular weight is 479 g/mol. The molecule has 1 saturated heterocycles. The molecule has 0 aromatic heterocycles. The van der Waals surface area contributed by atoms with Crippen LogP contribution in [0.4, 0.5) is 4.79 Å². The van der Waals surface area contributed by atoms with Crippen LogP contribution in [0, 0.1) is 5.92 Å². The second kappa shape index (κ2) is 10.1. The number of fused-ring (bicyclic) bond motifs is 3. The maximum atomic E-state index is 12.9. The van der Waals surface area contributed by atoms with E-state index in [1.165, 1.54) is 0 Å². The van der Waals surface area contributed by atoms with E-state index in [4.69, 9.17) is 9.47 Å². The molecular formula is C27H30N2O6. The molecule has 2 fully saturated rings. The average Bonchev–Trinajstić information content (AvgIpc) is 3.45. The zero-order chi connectivity index (χ0) is 24.4. The van der Waals surface area contributed by atoms with Crippen molar-refractivity contribution in [1.29, 1.82) is 0 Å². The number of benzene rings is 2. The largest absolute Gasteiger partial charge is 0.481 e. The molecule has 3 N–H and O–H groups in total. The Balaban J connectivity index is 1.19. The number of rotatable bonds is 6. The van der Waals surface area contributed by atoms with Gasteiger partial charge in [-0.3, -0.25) is 9.59 Å². The number of nitrogens with one attached hydrogen (secondary N) is 2. The second-order valence-electron chi connectivity index (χ2n) is 9.50. The Bertz CT molecular complexity index is 1070. The van der Waals surface area contributed by atoms with E-state index in [2.05, 4.69) is 34.9 Å². The maximum absolute atomic E-state index is 12.9. The highest BCUT2D eigenvalue weighted by Crippen LogP contribution is 2.44. The summed E-state index contributed by atoms with van der Waals surface area (Å²) in [5.74, 6) is -1.92. The van der Waals surface area contributed by atoms with Gasteiger partial charge in [0.2, 0.25) is 0 Å². The van der Waals surface area contributed by atoms with E-state index >= 15 is 0 Å².